The average molecular weight is 456 g/mol. The van der Waals surface area contributed by atoms with Crippen molar-refractivity contribution in [3.05, 3.63) is 94.5 Å². The van der Waals surface area contributed by atoms with Crippen LogP contribution >= 0.6 is 15.9 Å². The Morgan fingerprint density at radius 1 is 0.931 bits per heavy atom. The zero-order valence-electron chi connectivity index (χ0n) is 15.8. The fraction of sp³-hybridized carbons (Fsp3) is 0.174. The van der Waals surface area contributed by atoms with Crippen LogP contribution in [0.2, 0.25) is 0 Å². The molecule has 5 nitrogen and oxygen atoms in total. The van der Waals surface area contributed by atoms with Gasteiger partial charge in [-0.15, -0.1) is 0 Å². The zero-order valence-corrected chi connectivity index (χ0v) is 17.3. The molecule has 0 aromatic heterocycles. The third kappa shape index (κ3) is 6.34. The Hall–Kier alpha value is -2.83. The summed E-state index contributed by atoms with van der Waals surface area (Å²) < 4.78 is 12.3. The van der Waals surface area contributed by atoms with Crippen molar-refractivity contribution in [2.45, 2.75) is 12.7 Å². The first-order chi connectivity index (χ1) is 14.1. The van der Waals surface area contributed by atoms with Gasteiger partial charge in [-0.1, -0.05) is 64.5 Å². The molecule has 2 N–H and O–H groups in total. The summed E-state index contributed by atoms with van der Waals surface area (Å²) >= 11 is 3.49. The van der Waals surface area contributed by atoms with Gasteiger partial charge in [-0.3, -0.25) is 4.79 Å². The van der Waals surface area contributed by atoms with Crippen LogP contribution in [0.4, 0.5) is 0 Å². The van der Waals surface area contributed by atoms with Gasteiger partial charge in [0, 0.05) is 16.6 Å². The minimum absolute atomic E-state index is 0.0736. The number of halogens is 1. The third-order valence-electron chi connectivity index (χ3n) is 4.16. The highest BCUT2D eigenvalue weighted by Gasteiger charge is 2.14. The predicted octanol–water partition coefficient (Wildman–Crippen LogP) is 4.20. The summed E-state index contributed by atoms with van der Waals surface area (Å²) in [6.07, 6.45) is -0.826. The molecule has 1 unspecified atom stereocenters. The van der Waals surface area contributed by atoms with Crippen LogP contribution in [0.3, 0.4) is 0 Å². The highest BCUT2D eigenvalue weighted by molar-refractivity contribution is 9.10. The first kappa shape index (κ1) is 20.9. The second-order valence-electron chi connectivity index (χ2n) is 6.36. The molecule has 0 fully saturated rings. The van der Waals surface area contributed by atoms with E-state index in [4.69, 9.17) is 9.47 Å². The molecule has 0 radical (unpaired) electrons. The molecule has 0 aliphatic rings. The first-order valence-electron chi connectivity index (χ1n) is 9.23. The number of carbonyl (C=O) groups is 1. The van der Waals surface area contributed by atoms with E-state index in [1.54, 1.807) is 18.2 Å². The maximum absolute atomic E-state index is 12.6. The Kier molecular flexibility index (Phi) is 7.67. The van der Waals surface area contributed by atoms with Gasteiger partial charge in [0.25, 0.3) is 5.91 Å². The molecule has 0 aliphatic heterocycles. The maximum atomic E-state index is 12.6. The van der Waals surface area contributed by atoms with E-state index in [-0.39, 0.29) is 19.1 Å². The van der Waals surface area contributed by atoms with Crippen molar-refractivity contribution >= 4 is 21.8 Å². The van der Waals surface area contributed by atoms with Gasteiger partial charge < -0.3 is 19.9 Å². The lowest BCUT2D eigenvalue weighted by molar-refractivity contribution is 0.0840. The molecule has 0 saturated heterocycles. The summed E-state index contributed by atoms with van der Waals surface area (Å²) in [4.78, 5) is 12.6. The molecule has 150 valence electrons. The van der Waals surface area contributed by atoms with Crippen molar-refractivity contribution in [3.8, 4) is 11.5 Å². The standard InChI is InChI=1S/C23H22BrNO4/c24-21-12-6-4-8-17(21)15-29-22-13-7-5-11-20(22)23(27)25-14-18(26)16-28-19-9-2-1-3-10-19/h1-13,18,26H,14-16H2,(H,25,27). The van der Waals surface area contributed by atoms with E-state index in [2.05, 4.69) is 21.2 Å². The lowest BCUT2D eigenvalue weighted by Crippen LogP contribution is -2.35. The number of nitrogens with one attached hydrogen (secondary N) is 1. The van der Waals surface area contributed by atoms with Crippen molar-refractivity contribution in [2.24, 2.45) is 0 Å². The summed E-state index contributed by atoms with van der Waals surface area (Å²) in [5, 5.41) is 12.8. The number of hydrogen-bond donors (Lipinski definition) is 2. The highest BCUT2D eigenvalue weighted by atomic mass is 79.9. The lowest BCUT2D eigenvalue weighted by atomic mass is 10.2. The molecule has 0 saturated carbocycles. The van der Waals surface area contributed by atoms with E-state index in [0.717, 1.165) is 10.0 Å². The van der Waals surface area contributed by atoms with Gasteiger partial charge in [-0.05, 0) is 30.3 Å². The Balaban J connectivity index is 1.53. The van der Waals surface area contributed by atoms with Gasteiger partial charge in [0.05, 0.1) is 5.56 Å². The third-order valence-corrected chi connectivity index (χ3v) is 4.93. The number of rotatable bonds is 9. The van der Waals surface area contributed by atoms with Gasteiger partial charge in [0.1, 0.15) is 30.8 Å². The first-order valence-corrected chi connectivity index (χ1v) is 10.0. The van der Waals surface area contributed by atoms with E-state index < -0.39 is 6.10 Å². The van der Waals surface area contributed by atoms with Gasteiger partial charge >= 0.3 is 0 Å². The number of aliphatic hydroxyl groups is 1. The Morgan fingerprint density at radius 2 is 1.62 bits per heavy atom. The number of aliphatic hydroxyl groups excluding tert-OH is 1. The quantitative estimate of drug-likeness (QED) is 0.507. The number of carbonyl (C=O) groups excluding carboxylic acids is 1. The minimum Gasteiger partial charge on any atom is -0.491 e. The topological polar surface area (TPSA) is 67.8 Å². The Bertz CT molecular complexity index is 933. The largest absolute Gasteiger partial charge is 0.491 e. The number of benzene rings is 3. The van der Waals surface area contributed by atoms with E-state index in [9.17, 15) is 9.90 Å². The summed E-state index contributed by atoms with van der Waals surface area (Å²) in [6.45, 7) is 0.494. The van der Waals surface area contributed by atoms with Crippen LogP contribution in [0.25, 0.3) is 0 Å². The highest BCUT2D eigenvalue weighted by Crippen LogP contribution is 2.22. The molecule has 0 aliphatic carbocycles. The molecule has 0 bridgehead atoms. The normalized spacial score (nSPS) is 11.5. The predicted molar refractivity (Wildman–Crippen MR) is 115 cm³/mol. The van der Waals surface area contributed by atoms with E-state index >= 15 is 0 Å². The van der Waals surface area contributed by atoms with Crippen LogP contribution in [-0.2, 0) is 6.61 Å². The molecule has 3 rings (SSSR count). The number of hydrogen-bond acceptors (Lipinski definition) is 4. The van der Waals surface area contributed by atoms with Crippen molar-refractivity contribution in [2.75, 3.05) is 13.2 Å². The van der Waals surface area contributed by atoms with E-state index in [1.165, 1.54) is 0 Å². The summed E-state index contributed by atoms with van der Waals surface area (Å²) in [6, 6.07) is 24.0. The molecule has 1 atom stereocenters. The Morgan fingerprint density at radius 3 is 2.41 bits per heavy atom. The molecule has 0 spiro atoms. The SMILES string of the molecule is O=C(NCC(O)COc1ccccc1)c1ccccc1OCc1ccccc1Br. The van der Waals surface area contributed by atoms with Crippen molar-refractivity contribution in [1.29, 1.82) is 0 Å². The smallest absolute Gasteiger partial charge is 0.255 e. The van der Waals surface area contributed by atoms with Crippen LogP contribution in [0, 0.1) is 0 Å². The fourth-order valence-electron chi connectivity index (χ4n) is 2.62. The summed E-state index contributed by atoms with van der Waals surface area (Å²) in [7, 11) is 0. The monoisotopic (exact) mass is 455 g/mol. The average Bonchev–Trinajstić information content (AvgIpc) is 2.76. The number of para-hydroxylation sites is 2. The molecule has 3 aromatic carbocycles. The van der Waals surface area contributed by atoms with Gasteiger partial charge in [-0.2, -0.15) is 0 Å². The zero-order chi connectivity index (χ0) is 20.5. The van der Waals surface area contributed by atoms with E-state index in [0.29, 0.717) is 23.7 Å². The van der Waals surface area contributed by atoms with Crippen LogP contribution in [0.1, 0.15) is 15.9 Å². The van der Waals surface area contributed by atoms with Crippen LogP contribution < -0.4 is 14.8 Å². The molecule has 29 heavy (non-hydrogen) atoms. The fourth-order valence-corrected chi connectivity index (χ4v) is 3.02. The maximum Gasteiger partial charge on any atom is 0.255 e. The van der Waals surface area contributed by atoms with Crippen LogP contribution in [-0.4, -0.2) is 30.3 Å². The van der Waals surface area contributed by atoms with Gasteiger partial charge in [0.2, 0.25) is 0 Å². The van der Waals surface area contributed by atoms with Crippen LogP contribution in [0.15, 0.2) is 83.3 Å². The van der Waals surface area contributed by atoms with Crippen molar-refractivity contribution in [3.63, 3.8) is 0 Å². The molecule has 6 heteroatoms. The lowest BCUT2D eigenvalue weighted by Gasteiger charge is -2.15. The van der Waals surface area contributed by atoms with E-state index in [1.807, 2.05) is 60.7 Å². The minimum atomic E-state index is -0.826. The molecule has 3 aromatic rings. The molecular formula is C23H22BrNO4. The second-order valence-corrected chi connectivity index (χ2v) is 7.22. The van der Waals surface area contributed by atoms with Crippen molar-refractivity contribution in [1.82, 2.24) is 5.32 Å². The summed E-state index contributed by atoms with van der Waals surface area (Å²) in [5.74, 6) is 0.839. The number of amides is 1. The molecule has 1 amide bonds. The summed E-state index contributed by atoms with van der Waals surface area (Å²) in [5.41, 5.74) is 1.40. The molecular weight excluding hydrogens is 434 g/mol. The second kappa shape index (κ2) is 10.6. The Labute approximate surface area is 178 Å². The number of ether oxygens (including phenoxy) is 2. The van der Waals surface area contributed by atoms with Gasteiger partial charge in [0.15, 0.2) is 0 Å². The molecule has 0 heterocycles. The van der Waals surface area contributed by atoms with Crippen LogP contribution in [0.5, 0.6) is 11.5 Å². The van der Waals surface area contributed by atoms with Crippen molar-refractivity contribution < 1.29 is 19.4 Å². The van der Waals surface area contributed by atoms with Gasteiger partial charge in [-0.25, -0.2) is 0 Å².